The summed E-state index contributed by atoms with van der Waals surface area (Å²) in [6, 6.07) is 4.47. The van der Waals surface area contributed by atoms with Gasteiger partial charge in [-0.25, -0.2) is 0 Å². The van der Waals surface area contributed by atoms with Crippen LogP contribution in [0.1, 0.15) is 17.2 Å². The van der Waals surface area contributed by atoms with Crippen LogP contribution in [0.3, 0.4) is 0 Å². The third kappa shape index (κ3) is 6.01. The Morgan fingerprint density at radius 1 is 1.14 bits per heavy atom. The molecule has 1 aromatic rings. The molecule has 2 N–H and O–H groups in total. The lowest BCUT2D eigenvalue weighted by molar-refractivity contribution is -0.137. The number of aliphatic hydroxyl groups excluding tert-OH is 1. The zero-order chi connectivity index (χ0) is 15.9. The third-order valence-electron chi connectivity index (χ3n) is 3.02. The number of methoxy groups -OCH3 is 2. The van der Waals surface area contributed by atoms with E-state index in [2.05, 4.69) is 5.32 Å². The summed E-state index contributed by atoms with van der Waals surface area (Å²) in [6.45, 7) is 1.11. The van der Waals surface area contributed by atoms with Gasteiger partial charge in [0, 0.05) is 27.3 Å². The van der Waals surface area contributed by atoms with Crippen molar-refractivity contribution in [3.8, 4) is 0 Å². The molecule has 0 aliphatic rings. The van der Waals surface area contributed by atoms with Crippen LogP contribution in [0.5, 0.6) is 0 Å². The van der Waals surface area contributed by atoms with Crippen LogP contribution in [0, 0.1) is 0 Å². The minimum Gasteiger partial charge on any atom is -0.387 e. The average Bonchev–Trinajstić information content (AvgIpc) is 2.45. The number of aliphatic hydroxyl groups is 1. The van der Waals surface area contributed by atoms with Crippen LogP contribution in [0.2, 0.25) is 0 Å². The second-order valence-electron chi connectivity index (χ2n) is 4.61. The third-order valence-corrected chi connectivity index (χ3v) is 3.02. The number of hydrogen-bond acceptors (Lipinski definition) is 4. The SMILES string of the molecule is COCC(CNCC(O)c1ccc(C(F)(F)F)cc1)OC. The van der Waals surface area contributed by atoms with Crippen molar-refractivity contribution in [2.24, 2.45) is 0 Å². The van der Waals surface area contributed by atoms with Gasteiger partial charge in [-0.05, 0) is 17.7 Å². The molecule has 0 aliphatic heterocycles. The van der Waals surface area contributed by atoms with Gasteiger partial charge in [-0.1, -0.05) is 12.1 Å². The summed E-state index contributed by atoms with van der Waals surface area (Å²) in [6.07, 6.45) is -5.39. The summed E-state index contributed by atoms with van der Waals surface area (Å²) >= 11 is 0. The molecule has 1 aromatic carbocycles. The molecule has 0 radical (unpaired) electrons. The number of halogens is 3. The second kappa shape index (κ2) is 8.33. The van der Waals surface area contributed by atoms with E-state index in [4.69, 9.17) is 9.47 Å². The topological polar surface area (TPSA) is 50.7 Å². The number of benzene rings is 1. The molecule has 0 saturated heterocycles. The van der Waals surface area contributed by atoms with E-state index in [1.165, 1.54) is 12.1 Å². The molecule has 21 heavy (non-hydrogen) atoms. The van der Waals surface area contributed by atoms with E-state index in [0.29, 0.717) is 18.7 Å². The molecule has 0 bridgehead atoms. The highest BCUT2D eigenvalue weighted by Gasteiger charge is 2.30. The Kier molecular flexibility index (Phi) is 7.10. The molecular formula is C14H20F3NO3. The van der Waals surface area contributed by atoms with E-state index in [1.807, 2.05) is 0 Å². The Hall–Kier alpha value is -1.15. The van der Waals surface area contributed by atoms with Crippen molar-refractivity contribution in [1.29, 1.82) is 0 Å². The van der Waals surface area contributed by atoms with Gasteiger partial charge >= 0.3 is 6.18 Å². The monoisotopic (exact) mass is 307 g/mol. The fourth-order valence-corrected chi connectivity index (χ4v) is 1.79. The van der Waals surface area contributed by atoms with Gasteiger partial charge in [0.1, 0.15) is 0 Å². The second-order valence-corrected chi connectivity index (χ2v) is 4.61. The summed E-state index contributed by atoms with van der Waals surface area (Å²) < 4.78 is 47.4. The van der Waals surface area contributed by atoms with Crippen LogP contribution < -0.4 is 5.32 Å². The van der Waals surface area contributed by atoms with E-state index < -0.39 is 17.8 Å². The first kappa shape index (κ1) is 17.9. The molecule has 2 atom stereocenters. The summed E-state index contributed by atoms with van der Waals surface area (Å²) in [4.78, 5) is 0. The van der Waals surface area contributed by atoms with Crippen molar-refractivity contribution >= 4 is 0 Å². The Balaban J connectivity index is 2.47. The first-order valence-electron chi connectivity index (χ1n) is 6.46. The van der Waals surface area contributed by atoms with Gasteiger partial charge in [0.05, 0.1) is 24.4 Å². The van der Waals surface area contributed by atoms with E-state index in [1.54, 1.807) is 14.2 Å². The smallest absolute Gasteiger partial charge is 0.387 e. The summed E-state index contributed by atoms with van der Waals surface area (Å²) in [7, 11) is 3.11. The normalized spacial score (nSPS) is 15.0. The quantitative estimate of drug-likeness (QED) is 0.771. The maximum atomic E-state index is 12.4. The molecule has 1 rings (SSSR count). The van der Waals surface area contributed by atoms with Gasteiger partial charge in [0.15, 0.2) is 0 Å². The maximum Gasteiger partial charge on any atom is 0.416 e. The van der Waals surface area contributed by atoms with Crippen molar-refractivity contribution in [3.05, 3.63) is 35.4 Å². The predicted molar refractivity (Wildman–Crippen MR) is 71.9 cm³/mol. The highest BCUT2D eigenvalue weighted by atomic mass is 19.4. The predicted octanol–water partition coefficient (Wildman–Crippen LogP) is 1.99. The summed E-state index contributed by atoms with van der Waals surface area (Å²) in [5.41, 5.74) is -0.304. The van der Waals surface area contributed by atoms with E-state index in [-0.39, 0.29) is 12.6 Å². The number of hydrogen-bond donors (Lipinski definition) is 2. The highest BCUT2D eigenvalue weighted by molar-refractivity contribution is 5.26. The van der Waals surface area contributed by atoms with E-state index in [9.17, 15) is 18.3 Å². The van der Waals surface area contributed by atoms with Crippen molar-refractivity contribution in [2.75, 3.05) is 33.9 Å². The fourth-order valence-electron chi connectivity index (χ4n) is 1.79. The molecule has 0 spiro atoms. The van der Waals surface area contributed by atoms with E-state index in [0.717, 1.165) is 12.1 Å². The molecule has 7 heteroatoms. The fraction of sp³-hybridized carbons (Fsp3) is 0.571. The van der Waals surface area contributed by atoms with Gasteiger partial charge in [-0.15, -0.1) is 0 Å². The lowest BCUT2D eigenvalue weighted by atomic mass is 10.1. The maximum absolute atomic E-state index is 12.4. The molecule has 0 aromatic heterocycles. The van der Waals surface area contributed by atoms with Crippen molar-refractivity contribution in [1.82, 2.24) is 5.32 Å². The molecule has 0 fully saturated rings. The minimum absolute atomic E-state index is 0.144. The molecule has 0 saturated carbocycles. The molecule has 2 unspecified atom stereocenters. The van der Waals surface area contributed by atoms with Crippen LogP contribution in [-0.4, -0.2) is 45.1 Å². The molecule has 120 valence electrons. The number of rotatable bonds is 8. The molecule has 0 amide bonds. The molecule has 0 aliphatic carbocycles. The Bertz CT molecular complexity index is 409. The Morgan fingerprint density at radius 2 is 1.76 bits per heavy atom. The summed E-state index contributed by atoms with van der Waals surface area (Å²) in [5, 5.41) is 12.9. The number of ether oxygens (including phenoxy) is 2. The van der Waals surface area contributed by atoms with Gasteiger partial charge in [-0.3, -0.25) is 0 Å². The van der Waals surface area contributed by atoms with Gasteiger partial charge in [-0.2, -0.15) is 13.2 Å². The number of alkyl halides is 3. The average molecular weight is 307 g/mol. The lowest BCUT2D eigenvalue weighted by Gasteiger charge is -2.17. The van der Waals surface area contributed by atoms with Crippen molar-refractivity contribution in [3.63, 3.8) is 0 Å². The van der Waals surface area contributed by atoms with Crippen LogP contribution in [0.15, 0.2) is 24.3 Å². The first-order valence-corrected chi connectivity index (χ1v) is 6.46. The molecular weight excluding hydrogens is 287 g/mol. The minimum atomic E-state index is -4.37. The largest absolute Gasteiger partial charge is 0.416 e. The van der Waals surface area contributed by atoms with Crippen LogP contribution in [-0.2, 0) is 15.7 Å². The van der Waals surface area contributed by atoms with Crippen LogP contribution >= 0.6 is 0 Å². The lowest BCUT2D eigenvalue weighted by Crippen LogP contribution is -2.34. The highest BCUT2D eigenvalue weighted by Crippen LogP contribution is 2.29. The van der Waals surface area contributed by atoms with Crippen molar-refractivity contribution < 1.29 is 27.8 Å². The Morgan fingerprint density at radius 3 is 2.24 bits per heavy atom. The van der Waals surface area contributed by atoms with Crippen molar-refractivity contribution in [2.45, 2.75) is 18.4 Å². The van der Waals surface area contributed by atoms with Gasteiger partial charge in [0.25, 0.3) is 0 Å². The van der Waals surface area contributed by atoms with Crippen LogP contribution in [0.25, 0.3) is 0 Å². The van der Waals surface area contributed by atoms with E-state index >= 15 is 0 Å². The molecule has 4 nitrogen and oxygen atoms in total. The Labute approximate surface area is 121 Å². The molecule has 0 heterocycles. The zero-order valence-corrected chi connectivity index (χ0v) is 12.0. The first-order chi connectivity index (χ1) is 9.88. The number of nitrogens with one attached hydrogen (secondary N) is 1. The van der Waals surface area contributed by atoms with Gasteiger partial charge < -0.3 is 19.9 Å². The standard InChI is InChI=1S/C14H20F3NO3/c1-20-9-12(21-2)7-18-8-13(19)10-3-5-11(6-4-10)14(15,16)17/h3-6,12-13,18-19H,7-9H2,1-2H3. The zero-order valence-electron chi connectivity index (χ0n) is 12.0. The van der Waals surface area contributed by atoms with Gasteiger partial charge in [0.2, 0.25) is 0 Å². The van der Waals surface area contributed by atoms with Crippen LogP contribution in [0.4, 0.5) is 13.2 Å². The summed E-state index contributed by atoms with van der Waals surface area (Å²) in [5.74, 6) is 0.